The number of piperazine rings is 1. The van der Waals surface area contributed by atoms with E-state index < -0.39 is 0 Å². The quantitative estimate of drug-likeness (QED) is 0.643. The Balaban J connectivity index is 1.36. The molecule has 6 nitrogen and oxygen atoms in total. The SMILES string of the molecule is CCC(=O)Nc1nc2ccc(CC(=O)N3CCN(c4ccc(Cl)cc4)CC3)cc2s1. The number of thiazole rings is 1. The number of hydrogen-bond acceptors (Lipinski definition) is 5. The van der Waals surface area contributed by atoms with Crippen molar-refractivity contribution in [3.63, 3.8) is 0 Å². The number of hydrogen-bond donors (Lipinski definition) is 1. The summed E-state index contributed by atoms with van der Waals surface area (Å²) in [5.74, 6) is 0.0799. The molecule has 1 aromatic heterocycles. The lowest BCUT2D eigenvalue weighted by molar-refractivity contribution is -0.130. The van der Waals surface area contributed by atoms with Gasteiger partial charge in [-0.15, -0.1) is 0 Å². The largest absolute Gasteiger partial charge is 0.368 e. The van der Waals surface area contributed by atoms with Crippen molar-refractivity contribution >= 4 is 55.8 Å². The Bertz CT molecular complexity index is 1060. The third-order valence-electron chi connectivity index (χ3n) is 5.20. The van der Waals surface area contributed by atoms with Crippen LogP contribution in [0.5, 0.6) is 0 Å². The minimum absolute atomic E-state index is 0.0535. The molecule has 1 saturated heterocycles. The molecule has 30 heavy (non-hydrogen) atoms. The summed E-state index contributed by atoms with van der Waals surface area (Å²) in [7, 11) is 0. The molecule has 1 N–H and O–H groups in total. The number of fused-ring (bicyclic) bond motifs is 1. The van der Waals surface area contributed by atoms with Crippen LogP contribution in [0.4, 0.5) is 10.8 Å². The first-order valence-corrected chi connectivity index (χ1v) is 11.2. The normalized spacial score (nSPS) is 14.2. The van der Waals surface area contributed by atoms with Crippen LogP contribution in [-0.4, -0.2) is 47.9 Å². The summed E-state index contributed by atoms with van der Waals surface area (Å²) in [4.78, 5) is 33.0. The van der Waals surface area contributed by atoms with E-state index in [1.54, 1.807) is 0 Å². The molecule has 2 aromatic carbocycles. The van der Waals surface area contributed by atoms with Crippen LogP contribution in [0.3, 0.4) is 0 Å². The predicted molar refractivity (Wildman–Crippen MR) is 122 cm³/mol. The van der Waals surface area contributed by atoms with Crippen molar-refractivity contribution in [3.05, 3.63) is 53.1 Å². The molecular formula is C22H23ClN4O2S. The van der Waals surface area contributed by atoms with Crippen LogP contribution in [0.2, 0.25) is 5.02 Å². The molecule has 8 heteroatoms. The van der Waals surface area contributed by atoms with Gasteiger partial charge in [0, 0.05) is 43.3 Å². The van der Waals surface area contributed by atoms with Crippen LogP contribution in [0.25, 0.3) is 10.2 Å². The van der Waals surface area contributed by atoms with E-state index in [4.69, 9.17) is 11.6 Å². The molecule has 0 radical (unpaired) electrons. The highest BCUT2D eigenvalue weighted by atomic mass is 35.5. The zero-order chi connectivity index (χ0) is 21.1. The van der Waals surface area contributed by atoms with Gasteiger partial charge < -0.3 is 15.1 Å². The fourth-order valence-corrected chi connectivity index (χ4v) is 4.56. The van der Waals surface area contributed by atoms with Crippen molar-refractivity contribution in [2.24, 2.45) is 0 Å². The number of rotatable bonds is 5. The summed E-state index contributed by atoms with van der Waals surface area (Å²) in [5, 5.41) is 4.12. The molecular weight excluding hydrogens is 420 g/mol. The second-order valence-electron chi connectivity index (χ2n) is 7.24. The number of nitrogens with one attached hydrogen (secondary N) is 1. The molecule has 3 aromatic rings. The van der Waals surface area contributed by atoms with Gasteiger partial charge in [0.05, 0.1) is 16.6 Å². The topological polar surface area (TPSA) is 65.5 Å². The molecule has 1 fully saturated rings. The van der Waals surface area contributed by atoms with E-state index in [-0.39, 0.29) is 11.8 Å². The Hall–Kier alpha value is -2.64. The van der Waals surface area contributed by atoms with Crippen LogP contribution in [0.1, 0.15) is 18.9 Å². The van der Waals surface area contributed by atoms with Gasteiger partial charge in [-0.3, -0.25) is 9.59 Å². The fourth-order valence-electron chi connectivity index (χ4n) is 3.49. The van der Waals surface area contributed by atoms with Crippen molar-refractivity contribution < 1.29 is 9.59 Å². The van der Waals surface area contributed by atoms with Gasteiger partial charge in [0.2, 0.25) is 11.8 Å². The zero-order valence-electron chi connectivity index (χ0n) is 16.7. The number of benzene rings is 2. The summed E-state index contributed by atoms with van der Waals surface area (Å²) in [6.45, 7) is 4.83. The van der Waals surface area contributed by atoms with Crippen LogP contribution in [0, 0.1) is 0 Å². The minimum Gasteiger partial charge on any atom is -0.368 e. The summed E-state index contributed by atoms with van der Waals surface area (Å²) >= 11 is 7.40. The zero-order valence-corrected chi connectivity index (χ0v) is 18.3. The number of aromatic nitrogens is 1. The Morgan fingerprint density at radius 3 is 2.53 bits per heavy atom. The predicted octanol–water partition coefficient (Wildman–Crippen LogP) is 4.19. The summed E-state index contributed by atoms with van der Waals surface area (Å²) in [5.41, 5.74) is 2.93. The molecule has 1 aliphatic rings. The summed E-state index contributed by atoms with van der Waals surface area (Å²) in [6, 6.07) is 13.7. The van der Waals surface area contributed by atoms with Gasteiger partial charge in [0.25, 0.3) is 0 Å². The number of carbonyl (C=O) groups is 2. The van der Waals surface area contributed by atoms with Crippen LogP contribution < -0.4 is 10.2 Å². The maximum absolute atomic E-state index is 12.8. The van der Waals surface area contributed by atoms with E-state index >= 15 is 0 Å². The highest BCUT2D eigenvalue weighted by molar-refractivity contribution is 7.22. The average molecular weight is 443 g/mol. The molecule has 0 saturated carbocycles. The van der Waals surface area contributed by atoms with Gasteiger partial charge in [0.1, 0.15) is 0 Å². The van der Waals surface area contributed by atoms with E-state index in [0.29, 0.717) is 31.1 Å². The summed E-state index contributed by atoms with van der Waals surface area (Å²) in [6.07, 6.45) is 0.784. The number of anilines is 2. The molecule has 4 rings (SSSR count). The molecule has 0 atom stereocenters. The summed E-state index contributed by atoms with van der Waals surface area (Å²) < 4.78 is 0.972. The minimum atomic E-state index is -0.0535. The van der Waals surface area contributed by atoms with Crippen molar-refractivity contribution in [1.82, 2.24) is 9.88 Å². The standard InChI is InChI=1S/C22H23ClN4O2S/c1-2-20(28)25-22-24-18-8-3-15(13-19(18)30-22)14-21(29)27-11-9-26(10-12-27)17-6-4-16(23)5-7-17/h3-8,13H,2,9-12,14H2,1H3,(H,24,25,28). The monoisotopic (exact) mass is 442 g/mol. The Kier molecular flexibility index (Phi) is 6.20. The molecule has 2 amide bonds. The van der Waals surface area contributed by atoms with E-state index in [0.717, 1.165) is 39.6 Å². The Morgan fingerprint density at radius 2 is 1.83 bits per heavy atom. The second-order valence-corrected chi connectivity index (χ2v) is 8.71. The molecule has 0 bridgehead atoms. The van der Waals surface area contributed by atoms with Crippen LogP contribution in [-0.2, 0) is 16.0 Å². The molecule has 2 heterocycles. The third-order valence-corrected chi connectivity index (χ3v) is 6.39. The van der Waals surface area contributed by atoms with Crippen molar-refractivity contribution in [1.29, 1.82) is 0 Å². The first-order valence-electron chi connectivity index (χ1n) is 9.99. The Labute approximate surface area is 184 Å². The lowest BCUT2D eigenvalue weighted by Gasteiger charge is -2.36. The van der Waals surface area contributed by atoms with E-state index in [9.17, 15) is 9.59 Å². The molecule has 0 unspecified atom stereocenters. The third kappa shape index (κ3) is 4.74. The maximum atomic E-state index is 12.8. The number of nitrogens with zero attached hydrogens (tertiary/aromatic N) is 3. The maximum Gasteiger partial charge on any atom is 0.227 e. The average Bonchev–Trinajstić information content (AvgIpc) is 3.15. The number of carbonyl (C=O) groups excluding carboxylic acids is 2. The first kappa shape index (κ1) is 20.6. The van der Waals surface area contributed by atoms with Crippen LogP contribution in [0.15, 0.2) is 42.5 Å². The molecule has 0 aliphatic carbocycles. The lowest BCUT2D eigenvalue weighted by atomic mass is 10.1. The van der Waals surface area contributed by atoms with Gasteiger partial charge >= 0.3 is 0 Å². The molecule has 0 spiro atoms. The number of amides is 2. The van der Waals surface area contributed by atoms with Crippen molar-refractivity contribution in [2.45, 2.75) is 19.8 Å². The van der Waals surface area contributed by atoms with Crippen molar-refractivity contribution in [2.75, 3.05) is 36.4 Å². The van der Waals surface area contributed by atoms with Crippen molar-refractivity contribution in [3.8, 4) is 0 Å². The van der Waals surface area contributed by atoms with E-state index in [1.165, 1.54) is 11.3 Å². The second kappa shape index (κ2) is 9.02. The molecule has 156 valence electrons. The van der Waals surface area contributed by atoms with E-state index in [2.05, 4.69) is 15.2 Å². The smallest absolute Gasteiger partial charge is 0.227 e. The van der Waals surface area contributed by atoms with Crippen LogP contribution >= 0.6 is 22.9 Å². The van der Waals surface area contributed by atoms with Gasteiger partial charge in [-0.25, -0.2) is 4.98 Å². The highest BCUT2D eigenvalue weighted by Crippen LogP contribution is 2.27. The fraction of sp³-hybridized carbons (Fsp3) is 0.318. The van der Waals surface area contributed by atoms with Gasteiger partial charge in [-0.2, -0.15) is 0 Å². The highest BCUT2D eigenvalue weighted by Gasteiger charge is 2.21. The number of halogens is 1. The Morgan fingerprint density at radius 1 is 1.10 bits per heavy atom. The van der Waals surface area contributed by atoms with Gasteiger partial charge in [-0.1, -0.05) is 35.9 Å². The molecule has 1 aliphatic heterocycles. The lowest BCUT2D eigenvalue weighted by Crippen LogP contribution is -2.49. The first-order chi connectivity index (χ1) is 14.5. The van der Waals surface area contributed by atoms with E-state index in [1.807, 2.05) is 54.3 Å². The van der Waals surface area contributed by atoms with Gasteiger partial charge in [-0.05, 0) is 42.0 Å². The van der Waals surface area contributed by atoms with Gasteiger partial charge in [0.15, 0.2) is 5.13 Å².